The van der Waals surface area contributed by atoms with Crippen molar-refractivity contribution in [2.45, 2.75) is 26.6 Å². The topological polar surface area (TPSA) is 38.7 Å². The molecule has 2 rings (SSSR count). The van der Waals surface area contributed by atoms with Crippen LogP contribution in [-0.2, 0) is 6.61 Å². The molecule has 0 fully saturated rings. The van der Waals surface area contributed by atoms with Crippen LogP contribution in [0.2, 0.25) is 0 Å². The molecule has 0 saturated carbocycles. The minimum Gasteiger partial charge on any atom is -0.497 e. The zero-order valence-electron chi connectivity index (χ0n) is 12.4. The smallest absolute Gasteiger partial charge is 0.129 e. The molecule has 0 bridgehead atoms. The van der Waals surface area contributed by atoms with Crippen LogP contribution in [0.15, 0.2) is 36.4 Å². The molecular weight excluding hydrogens is 271 g/mol. The van der Waals surface area contributed by atoms with Gasteiger partial charge in [0.05, 0.1) is 13.2 Å². The Hall–Kier alpha value is -2.07. The van der Waals surface area contributed by atoms with Gasteiger partial charge in [-0.1, -0.05) is 6.07 Å². The van der Waals surface area contributed by atoms with E-state index in [4.69, 9.17) is 9.47 Å². The first-order valence-electron chi connectivity index (χ1n) is 6.75. The van der Waals surface area contributed by atoms with E-state index in [1.807, 2.05) is 6.92 Å². The molecule has 21 heavy (non-hydrogen) atoms. The number of benzene rings is 2. The monoisotopic (exact) mass is 290 g/mol. The second-order valence-corrected chi connectivity index (χ2v) is 4.94. The molecule has 0 aliphatic heterocycles. The summed E-state index contributed by atoms with van der Waals surface area (Å²) in [7, 11) is 1.57. The van der Waals surface area contributed by atoms with Crippen molar-refractivity contribution in [3.63, 3.8) is 0 Å². The molecule has 0 heterocycles. The third kappa shape index (κ3) is 3.73. The van der Waals surface area contributed by atoms with Gasteiger partial charge in [-0.25, -0.2) is 4.39 Å². The number of ether oxygens (including phenoxy) is 2. The second kappa shape index (κ2) is 6.59. The standard InChI is InChI=1S/C17H19FO3/c1-11-4-5-14(18)8-13(11)10-21-17-9-15(20-3)6-7-16(17)12(2)19/h4-9,12,19H,10H2,1-3H3. The van der Waals surface area contributed by atoms with E-state index in [0.29, 0.717) is 17.1 Å². The highest BCUT2D eigenvalue weighted by Gasteiger charge is 2.11. The van der Waals surface area contributed by atoms with Crippen LogP contribution in [0.25, 0.3) is 0 Å². The summed E-state index contributed by atoms with van der Waals surface area (Å²) in [5, 5.41) is 9.78. The molecule has 4 heteroatoms. The molecule has 0 aliphatic rings. The summed E-state index contributed by atoms with van der Waals surface area (Å²) in [6, 6.07) is 9.84. The van der Waals surface area contributed by atoms with E-state index >= 15 is 0 Å². The minimum atomic E-state index is -0.653. The predicted molar refractivity (Wildman–Crippen MR) is 79.1 cm³/mol. The van der Waals surface area contributed by atoms with Crippen molar-refractivity contribution in [1.29, 1.82) is 0 Å². The molecular formula is C17H19FO3. The molecule has 0 saturated heterocycles. The maximum atomic E-state index is 13.3. The van der Waals surface area contributed by atoms with Gasteiger partial charge in [0.15, 0.2) is 0 Å². The molecule has 1 unspecified atom stereocenters. The number of hydrogen-bond acceptors (Lipinski definition) is 3. The zero-order valence-corrected chi connectivity index (χ0v) is 12.4. The molecule has 2 aromatic carbocycles. The lowest BCUT2D eigenvalue weighted by Crippen LogP contribution is -2.03. The lowest BCUT2D eigenvalue weighted by Gasteiger charge is -2.15. The summed E-state index contributed by atoms with van der Waals surface area (Å²) in [5.74, 6) is 0.888. The molecule has 2 aromatic rings. The summed E-state index contributed by atoms with van der Waals surface area (Å²) < 4.78 is 24.2. The Bertz CT molecular complexity index is 623. The molecule has 0 spiro atoms. The highest BCUT2D eigenvalue weighted by atomic mass is 19.1. The Morgan fingerprint density at radius 2 is 1.95 bits per heavy atom. The second-order valence-electron chi connectivity index (χ2n) is 4.94. The van der Waals surface area contributed by atoms with Crippen molar-refractivity contribution in [3.8, 4) is 11.5 Å². The van der Waals surface area contributed by atoms with Gasteiger partial charge in [-0.05, 0) is 49.2 Å². The maximum Gasteiger partial charge on any atom is 0.129 e. The fraction of sp³-hybridized carbons (Fsp3) is 0.294. The molecule has 0 radical (unpaired) electrons. The molecule has 0 amide bonds. The van der Waals surface area contributed by atoms with E-state index < -0.39 is 6.10 Å². The Morgan fingerprint density at radius 3 is 2.62 bits per heavy atom. The molecule has 1 N–H and O–H groups in total. The van der Waals surface area contributed by atoms with E-state index in [0.717, 1.165) is 11.1 Å². The average Bonchev–Trinajstić information content (AvgIpc) is 2.47. The van der Waals surface area contributed by atoms with Crippen molar-refractivity contribution in [2.75, 3.05) is 7.11 Å². The minimum absolute atomic E-state index is 0.233. The van der Waals surface area contributed by atoms with Crippen LogP contribution < -0.4 is 9.47 Å². The number of rotatable bonds is 5. The summed E-state index contributed by atoms with van der Waals surface area (Å²) in [6.45, 7) is 3.80. The van der Waals surface area contributed by atoms with Crippen LogP contribution in [-0.4, -0.2) is 12.2 Å². The van der Waals surface area contributed by atoms with Gasteiger partial charge in [-0.2, -0.15) is 0 Å². The van der Waals surface area contributed by atoms with Gasteiger partial charge in [0.25, 0.3) is 0 Å². The van der Waals surface area contributed by atoms with Crippen LogP contribution >= 0.6 is 0 Å². The van der Waals surface area contributed by atoms with Gasteiger partial charge in [-0.3, -0.25) is 0 Å². The molecule has 0 aromatic heterocycles. The van der Waals surface area contributed by atoms with Crippen molar-refractivity contribution in [1.82, 2.24) is 0 Å². The normalized spacial score (nSPS) is 12.0. The van der Waals surface area contributed by atoms with Crippen LogP contribution in [0.4, 0.5) is 4.39 Å². The fourth-order valence-corrected chi connectivity index (χ4v) is 2.06. The summed E-state index contributed by atoms with van der Waals surface area (Å²) in [5.41, 5.74) is 2.40. The number of halogens is 1. The van der Waals surface area contributed by atoms with E-state index in [1.165, 1.54) is 12.1 Å². The number of aliphatic hydroxyl groups excluding tert-OH is 1. The lowest BCUT2D eigenvalue weighted by atomic mass is 10.1. The van der Waals surface area contributed by atoms with Gasteiger partial charge in [0.2, 0.25) is 0 Å². The van der Waals surface area contributed by atoms with Crippen LogP contribution in [0.1, 0.15) is 29.7 Å². The van der Waals surface area contributed by atoms with Crippen LogP contribution in [0.5, 0.6) is 11.5 Å². The molecule has 1 atom stereocenters. The Morgan fingerprint density at radius 1 is 1.19 bits per heavy atom. The van der Waals surface area contributed by atoms with Crippen molar-refractivity contribution in [3.05, 3.63) is 58.9 Å². The number of methoxy groups -OCH3 is 1. The molecule has 112 valence electrons. The van der Waals surface area contributed by atoms with E-state index in [2.05, 4.69) is 0 Å². The molecule has 3 nitrogen and oxygen atoms in total. The largest absolute Gasteiger partial charge is 0.497 e. The highest BCUT2D eigenvalue weighted by Crippen LogP contribution is 2.30. The predicted octanol–water partition coefficient (Wildman–Crippen LogP) is 3.78. The summed E-state index contributed by atoms with van der Waals surface area (Å²) >= 11 is 0. The zero-order chi connectivity index (χ0) is 15.4. The number of hydrogen-bond donors (Lipinski definition) is 1. The Labute approximate surface area is 124 Å². The van der Waals surface area contributed by atoms with Gasteiger partial charge >= 0.3 is 0 Å². The fourth-order valence-electron chi connectivity index (χ4n) is 2.06. The number of aryl methyl sites for hydroxylation is 1. The first kappa shape index (κ1) is 15.3. The van der Waals surface area contributed by atoms with Gasteiger partial charge in [0.1, 0.15) is 23.9 Å². The van der Waals surface area contributed by atoms with E-state index in [9.17, 15) is 9.50 Å². The third-order valence-electron chi connectivity index (χ3n) is 3.37. The SMILES string of the molecule is COc1ccc(C(C)O)c(OCc2cc(F)ccc2C)c1. The summed E-state index contributed by atoms with van der Waals surface area (Å²) in [4.78, 5) is 0. The van der Waals surface area contributed by atoms with Crippen LogP contribution in [0, 0.1) is 12.7 Å². The quantitative estimate of drug-likeness (QED) is 0.911. The van der Waals surface area contributed by atoms with E-state index in [-0.39, 0.29) is 12.4 Å². The Kier molecular flexibility index (Phi) is 4.81. The third-order valence-corrected chi connectivity index (χ3v) is 3.37. The molecule has 0 aliphatic carbocycles. The first-order chi connectivity index (χ1) is 10.0. The lowest BCUT2D eigenvalue weighted by molar-refractivity contribution is 0.189. The van der Waals surface area contributed by atoms with Crippen LogP contribution in [0.3, 0.4) is 0 Å². The van der Waals surface area contributed by atoms with Gasteiger partial charge in [0, 0.05) is 11.6 Å². The Balaban J connectivity index is 2.24. The van der Waals surface area contributed by atoms with Crippen molar-refractivity contribution < 1.29 is 19.0 Å². The van der Waals surface area contributed by atoms with E-state index in [1.54, 1.807) is 38.3 Å². The van der Waals surface area contributed by atoms with Crippen molar-refractivity contribution >= 4 is 0 Å². The van der Waals surface area contributed by atoms with Gasteiger partial charge < -0.3 is 14.6 Å². The maximum absolute atomic E-state index is 13.3. The van der Waals surface area contributed by atoms with Gasteiger partial charge in [-0.15, -0.1) is 0 Å². The first-order valence-corrected chi connectivity index (χ1v) is 6.75. The summed E-state index contributed by atoms with van der Waals surface area (Å²) in [6.07, 6.45) is -0.653. The number of aliphatic hydroxyl groups is 1. The average molecular weight is 290 g/mol. The highest BCUT2D eigenvalue weighted by molar-refractivity contribution is 5.42. The van der Waals surface area contributed by atoms with Crippen molar-refractivity contribution in [2.24, 2.45) is 0 Å².